The average Bonchev–Trinajstić information content (AvgIpc) is 3.96. The van der Waals surface area contributed by atoms with Crippen LogP contribution in [-0.2, 0) is 5.41 Å². The van der Waals surface area contributed by atoms with Gasteiger partial charge in [-0.15, -0.1) is 0 Å². The van der Waals surface area contributed by atoms with Gasteiger partial charge in [-0.1, -0.05) is 166 Å². The van der Waals surface area contributed by atoms with E-state index in [1.54, 1.807) is 0 Å². The molecule has 0 saturated heterocycles. The van der Waals surface area contributed by atoms with E-state index >= 15 is 0 Å². The molecule has 4 aromatic heterocycles. The summed E-state index contributed by atoms with van der Waals surface area (Å²) in [6, 6.07) is 84.7. The summed E-state index contributed by atoms with van der Waals surface area (Å²) < 4.78 is 4.84. The Hall–Kier alpha value is -9.39. The van der Waals surface area contributed by atoms with Crippen LogP contribution in [0.25, 0.3) is 100 Å². The summed E-state index contributed by atoms with van der Waals surface area (Å²) in [7, 11) is 0. The first-order chi connectivity index (χ1) is 35.5. The van der Waals surface area contributed by atoms with Gasteiger partial charge in [-0.3, -0.25) is 4.98 Å². The Morgan fingerprint density at radius 3 is 1.39 bits per heavy atom. The molecule has 0 saturated carbocycles. The average molecular weight is 923 g/mol. The van der Waals surface area contributed by atoms with E-state index in [0.29, 0.717) is 5.82 Å². The summed E-state index contributed by atoms with van der Waals surface area (Å²) in [6.07, 6.45) is 1.95. The van der Waals surface area contributed by atoms with Gasteiger partial charge in [0.25, 0.3) is 0 Å². The molecule has 1 aliphatic heterocycles. The molecule has 0 amide bonds. The zero-order valence-electron chi connectivity index (χ0n) is 39.8. The van der Waals surface area contributed by atoms with Crippen molar-refractivity contribution in [3.05, 3.63) is 254 Å². The number of nitrogens with zero attached hydrogens (tertiary/aromatic N) is 6. The normalized spacial score (nSPS) is 12.9. The molecular weight excluding hydrogens is 877 g/mol. The number of fused-ring (bicyclic) bond motifs is 8. The first-order valence-corrected chi connectivity index (χ1v) is 24.6. The third-order valence-electron chi connectivity index (χ3n) is 14.7. The molecule has 6 heteroatoms. The van der Waals surface area contributed by atoms with Crippen LogP contribution in [0.3, 0.4) is 0 Å². The van der Waals surface area contributed by atoms with Gasteiger partial charge < -0.3 is 14.0 Å². The van der Waals surface area contributed by atoms with Crippen LogP contribution in [-0.4, -0.2) is 24.1 Å². The molecule has 9 aromatic carbocycles. The maximum absolute atomic E-state index is 5.25. The lowest BCUT2D eigenvalue weighted by atomic mass is 9.73. The van der Waals surface area contributed by atoms with Gasteiger partial charge in [-0.05, 0) is 96.1 Å². The number of rotatable bonds is 7. The molecule has 340 valence electrons. The molecule has 5 heterocycles. The Kier molecular flexibility index (Phi) is 9.45. The van der Waals surface area contributed by atoms with E-state index in [0.717, 1.165) is 78.5 Å². The van der Waals surface area contributed by atoms with E-state index in [2.05, 4.69) is 228 Å². The Morgan fingerprint density at radius 1 is 0.333 bits per heavy atom. The second kappa shape index (κ2) is 16.4. The van der Waals surface area contributed by atoms with Crippen molar-refractivity contribution in [2.45, 2.75) is 19.3 Å². The summed E-state index contributed by atoms with van der Waals surface area (Å²) >= 11 is 0. The number of benzene rings is 9. The Balaban J connectivity index is 0.959. The fourth-order valence-corrected chi connectivity index (χ4v) is 11.3. The number of anilines is 3. The topological polar surface area (TPSA) is 51.8 Å². The SMILES string of the molecule is CC1(C)c2ccccc2N(c2ccc3c(c2)c2ccccc2n3-c2cc(-c3ccc(-c4cc(-c5ccccc5)nc(-c5ccccc5)n4)cn3)cc(-n3c4ccccc4c4ccccc43)c2)c2ccccc21. The first-order valence-electron chi connectivity index (χ1n) is 24.6. The Bertz CT molecular complexity index is 4080. The van der Waals surface area contributed by atoms with E-state index in [1.807, 2.05) is 42.6 Å². The number of aromatic nitrogens is 5. The molecule has 6 nitrogen and oxygen atoms in total. The minimum Gasteiger partial charge on any atom is -0.310 e. The van der Waals surface area contributed by atoms with E-state index < -0.39 is 0 Å². The Morgan fingerprint density at radius 2 is 0.819 bits per heavy atom. The van der Waals surface area contributed by atoms with Crippen LogP contribution < -0.4 is 4.90 Å². The number of pyridine rings is 1. The predicted molar refractivity (Wildman–Crippen MR) is 297 cm³/mol. The number of hydrogen-bond acceptors (Lipinski definition) is 4. The molecule has 13 aromatic rings. The fraction of sp³-hybridized carbons (Fsp3) is 0.0455. The van der Waals surface area contributed by atoms with Gasteiger partial charge in [0.1, 0.15) is 0 Å². The van der Waals surface area contributed by atoms with Gasteiger partial charge in [0, 0.05) is 72.5 Å². The van der Waals surface area contributed by atoms with Crippen molar-refractivity contribution >= 4 is 60.7 Å². The second-order valence-electron chi connectivity index (χ2n) is 19.3. The van der Waals surface area contributed by atoms with Crippen LogP contribution >= 0.6 is 0 Å². The van der Waals surface area contributed by atoms with Crippen molar-refractivity contribution in [1.29, 1.82) is 0 Å². The monoisotopic (exact) mass is 922 g/mol. The molecule has 0 atom stereocenters. The molecule has 0 N–H and O–H groups in total. The van der Waals surface area contributed by atoms with Gasteiger partial charge >= 0.3 is 0 Å². The molecule has 1 aliphatic rings. The highest BCUT2D eigenvalue weighted by molar-refractivity contribution is 6.12. The lowest BCUT2D eigenvalue weighted by Gasteiger charge is -2.42. The lowest BCUT2D eigenvalue weighted by Crippen LogP contribution is -2.30. The molecular formula is C66H46N6. The minimum absolute atomic E-state index is 0.147. The zero-order chi connectivity index (χ0) is 47.9. The largest absolute Gasteiger partial charge is 0.310 e. The quantitative estimate of drug-likeness (QED) is 0.160. The van der Waals surface area contributed by atoms with E-state index in [9.17, 15) is 0 Å². The number of para-hydroxylation sites is 5. The van der Waals surface area contributed by atoms with E-state index in [1.165, 1.54) is 44.0 Å². The predicted octanol–water partition coefficient (Wildman–Crippen LogP) is 16.8. The minimum atomic E-state index is -0.147. The third kappa shape index (κ3) is 6.60. The van der Waals surface area contributed by atoms with Crippen molar-refractivity contribution < 1.29 is 0 Å². The molecule has 0 unspecified atom stereocenters. The number of hydrogen-bond donors (Lipinski definition) is 0. The van der Waals surface area contributed by atoms with Gasteiger partial charge in [0.15, 0.2) is 5.82 Å². The molecule has 0 bridgehead atoms. The summed E-state index contributed by atoms with van der Waals surface area (Å²) in [6.45, 7) is 4.68. The highest BCUT2D eigenvalue weighted by atomic mass is 15.2. The lowest BCUT2D eigenvalue weighted by molar-refractivity contribution is 0.632. The van der Waals surface area contributed by atoms with Crippen LogP contribution in [0.1, 0.15) is 25.0 Å². The Labute approximate surface area is 417 Å². The van der Waals surface area contributed by atoms with Crippen LogP contribution in [0, 0.1) is 0 Å². The van der Waals surface area contributed by atoms with Gasteiger partial charge in [0.2, 0.25) is 0 Å². The van der Waals surface area contributed by atoms with Crippen molar-refractivity contribution in [3.63, 3.8) is 0 Å². The highest BCUT2D eigenvalue weighted by Gasteiger charge is 2.36. The maximum Gasteiger partial charge on any atom is 0.160 e. The van der Waals surface area contributed by atoms with E-state index in [-0.39, 0.29) is 5.41 Å². The molecule has 0 fully saturated rings. The second-order valence-corrected chi connectivity index (χ2v) is 19.3. The first kappa shape index (κ1) is 41.6. The zero-order valence-corrected chi connectivity index (χ0v) is 39.8. The molecule has 0 spiro atoms. The van der Waals surface area contributed by atoms with E-state index in [4.69, 9.17) is 15.0 Å². The third-order valence-corrected chi connectivity index (χ3v) is 14.7. The van der Waals surface area contributed by atoms with Crippen molar-refractivity contribution in [1.82, 2.24) is 24.1 Å². The van der Waals surface area contributed by atoms with Crippen LogP contribution in [0.4, 0.5) is 17.1 Å². The van der Waals surface area contributed by atoms with Gasteiger partial charge in [0.05, 0.1) is 50.5 Å². The van der Waals surface area contributed by atoms with Gasteiger partial charge in [-0.2, -0.15) is 0 Å². The highest BCUT2D eigenvalue weighted by Crippen LogP contribution is 2.52. The maximum atomic E-state index is 5.25. The van der Waals surface area contributed by atoms with Gasteiger partial charge in [-0.25, -0.2) is 9.97 Å². The molecule has 72 heavy (non-hydrogen) atoms. The van der Waals surface area contributed by atoms with Crippen LogP contribution in [0.2, 0.25) is 0 Å². The van der Waals surface area contributed by atoms with Crippen LogP contribution in [0.15, 0.2) is 243 Å². The standard InChI is InChI=1S/C66H46N6/c1-66(2)54-26-12-17-31-63(54)70(64-32-18-13-27-55(64)66)47-34-36-62-53(40-47)52-25-11-16-30-61(52)72(62)49-38-46(37-48(39-49)71-59-28-14-9-23-50(59)51-24-10-15-29-60(51)71)56-35-33-45(42-67-56)58-41-57(43-19-5-3-6-20-43)68-65(69-58)44-21-7-4-8-22-44/h3-42H,1-2H3. The summed E-state index contributed by atoms with van der Waals surface area (Å²) in [4.78, 5) is 17.8. The smallest absolute Gasteiger partial charge is 0.160 e. The molecule has 0 aliphatic carbocycles. The molecule has 14 rings (SSSR count). The molecule has 0 radical (unpaired) electrons. The summed E-state index contributed by atoms with van der Waals surface area (Å²) in [5.41, 5.74) is 19.1. The fourth-order valence-electron chi connectivity index (χ4n) is 11.3. The van der Waals surface area contributed by atoms with Crippen molar-refractivity contribution in [2.75, 3.05) is 4.90 Å². The van der Waals surface area contributed by atoms with Crippen molar-refractivity contribution in [2.24, 2.45) is 0 Å². The van der Waals surface area contributed by atoms with Crippen LogP contribution in [0.5, 0.6) is 0 Å². The summed E-state index contributed by atoms with van der Waals surface area (Å²) in [5, 5.41) is 4.80. The van der Waals surface area contributed by atoms with Crippen molar-refractivity contribution in [3.8, 4) is 56.5 Å². The summed E-state index contributed by atoms with van der Waals surface area (Å²) in [5.74, 6) is 0.673.